The Morgan fingerprint density at radius 2 is 1.88 bits per heavy atom. The topological polar surface area (TPSA) is 71.1 Å². The van der Waals surface area contributed by atoms with Crippen LogP contribution in [-0.4, -0.2) is 22.6 Å². The second-order valence-corrected chi connectivity index (χ2v) is 7.61. The minimum atomic E-state index is -0.120. The molecule has 0 saturated carbocycles. The highest BCUT2D eigenvalue weighted by molar-refractivity contribution is 8.00. The maximum atomic E-state index is 12.1. The number of thiazole rings is 1. The predicted molar refractivity (Wildman–Crippen MR) is 104 cm³/mol. The molecule has 1 aromatic heterocycles. The first-order valence-electron chi connectivity index (χ1n) is 7.67. The summed E-state index contributed by atoms with van der Waals surface area (Å²) in [7, 11) is 0. The van der Waals surface area contributed by atoms with Crippen LogP contribution in [0.4, 0.5) is 10.8 Å². The maximum absolute atomic E-state index is 12.1. The van der Waals surface area contributed by atoms with E-state index in [2.05, 4.69) is 15.6 Å². The van der Waals surface area contributed by atoms with Crippen LogP contribution in [0.3, 0.4) is 0 Å². The highest BCUT2D eigenvalue weighted by Gasteiger charge is 2.09. The van der Waals surface area contributed by atoms with E-state index in [1.807, 2.05) is 43.3 Å². The molecule has 2 amide bonds. The number of aryl methyl sites for hydroxylation is 1. The fourth-order valence-corrected chi connectivity index (χ4v) is 3.82. The highest BCUT2D eigenvalue weighted by atomic mass is 32.2. The van der Waals surface area contributed by atoms with Crippen molar-refractivity contribution < 1.29 is 9.59 Å². The highest BCUT2D eigenvalue weighted by Crippen LogP contribution is 2.28. The molecule has 1 heterocycles. The third-order valence-electron chi connectivity index (χ3n) is 3.35. The van der Waals surface area contributed by atoms with Gasteiger partial charge in [0.15, 0.2) is 5.13 Å². The van der Waals surface area contributed by atoms with Crippen LogP contribution in [-0.2, 0) is 9.59 Å². The molecule has 0 radical (unpaired) electrons. The van der Waals surface area contributed by atoms with Crippen LogP contribution >= 0.6 is 23.1 Å². The molecule has 3 aromatic rings. The zero-order chi connectivity index (χ0) is 17.8. The molecule has 0 fully saturated rings. The van der Waals surface area contributed by atoms with Crippen molar-refractivity contribution in [3.63, 3.8) is 0 Å². The Balaban J connectivity index is 1.62. The van der Waals surface area contributed by atoms with Crippen LogP contribution in [0.15, 0.2) is 47.4 Å². The number of nitrogens with zero attached hydrogens (tertiary/aromatic N) is 1. The van der Waals surface area contributed by atoms with Gasteiger partial charge in [0, 0.05) is 17.5 Å². The Kier molecular flexibility index (Phi) is 5.35. The molecule has 0 bridgehead atoms. The summed E-state index contributed by atoms with van der Waals surface area (Å²) in [6, 6.07) is 13.5. The molecule has 2 aromatic carbocycles. The second-order valence-electron chi connectivity index (χ2n) is 5.53. The van der Waals surface area contributed by atoms with Gasteiger partial charge >= 0.3 is 0 Å². The van der Waals surface area contributed by atoms with Gasteiger partial charge in [-0.2, -0.15) is 0 Å². The molecule has 0 atom stereocenters. The van der Waals surface area contributed by atoms with Gasteiger partial charge < -0.3 is 10.6 Å². The number of fused-ring (bicyclic) bond motifs is 1. The molecule has 128 valence electrons. The summed E-state index contributed by atoms with van der Waals surface area (Å²) in [5.41, 5.74) is 2.71. The summed E-state index contributed by atoms with van der Waals surface area (Å²) >= 11 is 2.88. The Morgan fingerprint density at radius 1 is 1.12 bits per heavy atom. The molecule has 3 rings (SSSR count). The molecule has 2 N–H and O–H groups in total. The van der Waals surface area contributed by atoms with Crippen molar-refractivity contribution >= 4 is 55.9 Å². The Bertz CT molecular complexity index is 920. The number of benzene rings is 2. The third kappa shape index (κ3) is 4.80. The normalized spacial score (nSPS) is 10.6. The smallest absolute Gasteiger partial charge is 0.236 e. The van der Waals surface area contributed by atoms with Gasteiger partial charge in [-0.15, -0.1) is 11.8 Å². The zero-order valence-electron chi connectivity index (χ0n) is 13.8. The number of carbonyl (C=O) groups is 2. The SMILES string of the molecule is CC(=O)Nc1ccc2nc(NC(=O)CSc3ccc(C)cc3)sc2c1. The first kappa shape index (κ1) is 17.4. The Labute approximate surface area is 153 Å². The van der Waals surface area contributed by atoms with Gasteiger partial charge in [-0.25, -0.2) is 4.98 Å². The van der Waals surface area contributed by atoms with E-state index in [0.29, 0.717) is 10.9 Å². The van der Waals surface area contributed by atoms with Gasteiger partial charge in [-0.3, -0.25) is 9.59 Å². The van der Waals surface area contributed by atoms with Crippen LogP contribution in [0.2, 0.25) is 0 Å². The van der Waals surface area contributed by atoms with Crippen LogP contribution in [0, 0.1) is 6.92 Å². The standard InChI is InChI=1S/C18H17N3O2S2/c1-11-3-6-14(7-4-11)24-10-17(23)21-18-20-15-8-5-13(19-12(2)22)9-16(15)25-18/h3-9H,10H2,1-2H3,(H,19,22)(H,20,21,23). The van der Waals surface area contributed by atoms with Gasteiger partial charge in [0.25, 0.3) is 0 Å². The number of carbonyl (C=O) groups excluding carboxylic acids is 2. The summed E-state index contributed by atoms with van der Waals surface area (Å²) in [6.07, 6.45) is 0. The van der Waals surface area contributed by atoms with Gasteiger partial charge in [-0.05, 0) is 37.3 Å². The summed E-state index contributed by atoms with van der Waals surface area (Å²) < 4.78 is 0.910. The summed E-state index contributed by atoms with van der Waals surface area (Å²) in [5.74, 6) is 0.119. The fourth-order valence-electron chi connectivity index (χ4n) is 2.20. The van der Waals surface area contributed by atoms with Crippen LogP contribution in [0.1, 0.15) is 12.5 Å². The molecule has 5 nitrogen and oxygen atoms in total. The van der Waals surface area contributed by atoms with Gasteiger partial charge in [0.05, 0.1) is 16.0 Å². The lowest BCUT2D eigenvalue weighted by Gasteiger charge is -2.02. The van der Waals surface area contributed by atoms with Crippen LogP contribution in [0.5, 0.6) is 0 Å². The van der Waals surface area contributed by atoms with Crippen molar-refractivity contribution in [3.8, 4) is 0 Å². The molecule has 0 spiro atoms. The monoisotopic (exact) mass is 371 g/mol. The van der Waals surface area contributed by atoms with E-state index >= 15 is 0 Å². The third-order valence-corrected chi connectivity index (χ3v) is 5.29. The predicted octanol–water partition coefficient (Wildman–Crippen LogP) is 4.29. The van der Waals surface area contributed by atoms with Gasteiger partial charge in [0.2, 0.25) is 11.8 Å². The fraction of sp³-hybridized carbons (Fsp3) is 0.167. The average molecular weight is 371 g/mol. The van der Waals surface area contributed by atoms with E-state index in [1.165, 1.54) is 35.6 Å². The number of rotatable bonds is 5. The van der Waals surface area contributed by atoms with E-state index in [-0.39, 0.29) is 11.8 Å². The number of anilines is 2. The number of hydrogen-bond acceptors (Lipinski definition) is 5. The lowest BCUT2D eigenvalue weighted by Crippen LogP contribution is -2.13. The van der Waals surface area contributed by atoms with E-state index in [1.54, 1.807) is 6.07 Å². The lowest BCUT2D eigenvalue weighted by molar-refractivity contribution is -0.114. The summed E-state index contributed by atoms with van der Waals surface area (Å²) in [6.45, 7) is 3.50. The van der Waals surface area contributed by atoms with E-state index < -0.39 is 0 Å². The summed E-state index contributed by atoms with van der Waals surface area (Å²) in [4.78, 5) is 28.7. The van der Waals surface area contributed by atoms with E-state index in [4.69, 9.17) is 0 Å². The van der Waals surface area contributed by atoms with Crippen LogP contribution < -0.4 is 10.6 Å². The molecule has 25 heavy (non-hydrogen) atoms. The first-order valence-corrected chi connectivity index (χ1v) is 9.47. The quantitative estimate of drug-likeness (QED) is 0.656. The Hall–Kier alpha value is -2.38. The number of thioether (sulfide) groups is 1. The lowest BCUT2D eigenvalue weighted by atomic mass is 10.2. The van der Waals surface area contributed by atoms with Crippen molar-refractivity contribution in [3.05, 3.63) is 48.0 Å². The number of hydrogen-bond donors (Lipinski definition) is 2. The molecule has 7 heteroatoms. The van der Waals surface area contributed by atoms with E-state index in [0.717, 1.165) is 20.8 Å². The summed E-state index contributed by atoms with van der Waals surface area (Å²) in [5, 5.41) is 6.13. The molecular formula is C18H17N3O2S2. The van der Waals surface area contributed by atoms with Crippen molar-refractivity contribution in [2.24, 2.45) is 0 Å². The van der Waals surface area contributed by atoms with Crippen molar-refractivity contribution in [1.82, 2.24) is 4.98 Å². The molecule has 0 aliphatic rings. The zero-order valence-corrected chi connectivity index (χ0v) is 15.5. The van der Waals surface area contributed by atoms with Crippen LogP contribution in [0.25, 0.3) is 10.2 Å². The molecule has 0 aliphatic carbocycles. The molecule has 0 aliphatic heterocycles. The maximum Gasteiger partial charge on any atom is 0.236 e. The van der Waals surface area contributed by atoms with E-state index in [9.17, 15) is 9.59 Å². The molecule has 0 unspecified atom stereocenters. The number of nitrogens with one attached hydrogen (secondary N) is 2. The van der Waals surface area contributed by atoms with Crippen molar-refractivity contribution in [1.29, 1.82) is 0 Å². The molecule has 0 saturated heterocycles. The van der Waals surface area contributed by atoms with Gasteiger partial charge in [0.1, 0.15) is 0 Å². The van der Waals surface area contributed by atoms with Crippen molar-refractivity contribution in [2.45, 2.75) is 18.7 Å². The molecular weight excluding hydrogens is 354 g/mol. The van der Waals surface area contributed by atoms with Crippen molar-refractivity contribution in [2.75, 3.05) is 16.4 Å². The number of amides is 2. The minimum absolute atomic E-state index is 0.0910. The first-order chi connectivity index (χ1) is 12.0. The average Bonchev–Trinajstić information content (AvgIpc) is 2.95. The second kappa shape index (κ2) is 7.67. The number of aromatic nitrogens is 1. The largest absolute Gasteiger partial charge is 0.326 e. The Morgan fingerprint density at radius 3 is 2.60 bits per heavy atom. The minimum Gasteiger partial charge on any atom is -0.326 e. The van der Waals surface area contributed by atoms with Gasteiger partial charge in [-0.1, -0.05) is 29.0 Å².